The Morgan fingerprint density at radius 3 is 1.69 bits per heavy atom. The molecule has 5 aromatic rings. The van der Waals surface area contributed by atoms with Crippen molar-refractivity contribution in [1.82, 2.24) is 29.7 Å². The molecule has 5 atom stereocenters. The highest BCUT2D eigenvalue weighted by Gasteiger charge is 2.39. The number of hydrogen-bond acceptors (Lipinski definition) is 9. The number of amidine groups is 1. The molecular formula is C44H53N9O5. The van der Waals surface area contributed by atoms with E-state index >= 15 is 0 Å². The monoisotopic (exact) mass is 787 g/mol. The summed E-state index contributed by atoms with van der Waals surface area (Å²) in [6, 6.07) is 24.6. The number of aliphatic hydroxyl groups is 1. The van der Waals surface area contributed by atoms with Crippen molar-refractivity contribution in [3.8, 4) is 39.4 Å². The van der Waals surface area contributed by atoms with Crippen molar-refractivity contribution in [3.05, 3.63) is 103 Å². The molecule has 4 heterocycles. The van der Waals surface area contributed by atoms with Gasteiger partial charge in [0.25, 0.3) is 11.9 Å². The number of amides is 2. The molecule has 2 fully saturated rings. The minimum atomic E-state index is -1.52. The van der Waals surface area contributed by atoms with Gasteiger partial charge < -0.3 is 40.1 Å². The molecular weight excluding hydrogens is 735 g/mol. The largest absolute Gasteiger partial charge is 0.426 e. The Balaban J connectivity index is 0.994. The van der Waals surface area contributed by atoms with Crippen LogP contribution in [0.5, 0.6) is 5.75 Å². The summed E-state index contributed by atoms with van der Waals surface area (Å²) < 4.78 is 11.1. The maximum absolute atomic E-state index is 13.9. The maximum atomic E-state index is 13.9. The lowest BCUT2D eigenvalue weighted by Gasteiger charge is -2.30. The number of nitrogens with zero attached hydrogens (tertiary/aromatic N) is 5. The van der Waals surface area contributed by atoms with Crippen LogP contribution in [-0.2, 0) is 14.3 Å². The van der Waals surface area contributed by atoms with Gasteiger partial charge >= 0.3 is 0 Å². The molecule has 2 aromatic heterocycles. The predicted octanol–water partition coefficient (Wildman–Crippen LogP) is 6.15. The Hall–Kier alpha value is -5.83. The number of hydrogen-bond donors (Lipinski definition) is 5. The molecule has 7 N–H and O–H groups in total. The van der Waals surface area contributed by atoms with E-state index in [-0.39, 0.29) is 41.8 Å². The molecule has 7 rings (SSSR count). The fourth-order valence-electron chi connectivity index (χ4n) is 7.87. The van der Waals surface area contributed by atoms with E-state index in [4.69, 9.17) is 25.9 Å². The number of carbonyl (C=O) groups excluding carboxylic acids is 2. The third-order valence-electron chi connectivity index (χ3n) is 10.9. The smallest absolute Gasteiger partial charge is 0.288 e. The van der Waals surface area contributed by atoms with E-state index in [9.17, 15) is 14.7 Å². The molecule has 2 amide bonds. The molecule has 2 aliphatic heterocycles. The summed E-state index contributed by atoms with van der Waals surface area (Å²) in [6.07, 6.45) is 4.54. The van der Waals surface area contributed by atoms with E-state index in [2.05, 4.69) is 68.5 Å². The normalized spacial score (nSPS) is 18.9. The minimum Gasteiger partial charge on any atom is -0.426 e. The van der Waals surface area contributed by atoms with E-state index in [0.29, 0.717) is 24.7 Å². The summed E-state index contributed by atoms with van der Waals surface area (Å²) in [5.41, 5.74) is 17.4. The topological polar surface area (TPSA) is 201 Å². The van der Waals surface area contributed by atoms with Gasteiger partial charge in [-0.15, -0.1) is 0 Å². The van der Waals surface area contributed by atoms with E-state index in [1.54, 1.807) is 23.2 Å². The van der Waals surface area contributed by atoms with Gasteiger partial charge in [-0.3, -0.25) is 15.3 Å². The standard InChI is InChI=1S/C44H53N9O5/c1-26(2)37(51-43(45)57-32-10-6-5-7-11-32)41(54)52-22-8-12-35(52)39-47-24-33(49-39)30-18-14-28(15-19-30)29-16-20-31(21-17-29)34-25-48-40(50-34)36-13-9-23-53(36)42(55)38(27(3)4)58-44(46)56/h5-7,10-11,14-21,24-27,35-38,44,56H,8-9,12-13,22-23,46H2,1-4H3,(H2,45,51)(H,47,49)(H,48,50)/t35-,36-,37-,38-,44?/m0/s1. The Morgan fingerprint density at radius 1 is 0.741 bits per heavy atom. The highest BCUT2D eigenvalue weighted by atomic mass is 16.6. The number of aromatic nitrogens is 4. The van der Waals surface area contributed by atoms with Crippen molar-refractivity contribution in [2.45, 2.75) is 84.0 Å². The molecule has 0 spiro atoms. The third kappa shape index (κ3) is 8.99. The van der Waals surface area contributed by atoms with Gasteiger partial charge in [-0.25, -0.2) is 15.0 Å². The first kappa shape index (κ1) is 40.4. The van der Waals surface area contributed by atoms with Crippen LogP contribution in [0.2, 0.25) is 0 Å². The number of aliphatic imine (C=N–C) groups is 1. The Labute approximate surface area is 338 Å². The van der Waals surface area contributed by atoms with Crippen molar-refractivity contribution in [3.63, 3.8) is 0 Å². The molecule has 0 aliphatic carbocycles. The van der Waals surface area contributed by atoms with Gasteiger partial charge in [0.1, 0.15) is 29.5 Å². The van der Waals surface area contributed by atoms with Crippen LogP contribution in [0.3, 0.4) is 0 Å². The van der Waals surface area contributed by atoms with E-state index in [1.807, 2.05) is 57.0 Å². The number of ether oxygens (including phenoxy) is 2. The summed E-state index contributed by atoms with van der Waals surface area (Å²) in [7, 11) is 0. The molecule has 304 valence electrons. The summed E-state index contributed by atoms with van der Waals surface area (Å²) in [5.74, 6) is 1.49. The second-order valence-electron chi connectivity index (χ2n) is 15.7. The molecule has 0 bridgehead atoms. The molecule has 58 heavy (non-hydrogen) atoms. The summed E-state index contributed by atoms with van der Waals surface area (Å²) in [4.78, 5) is 51.8. The zero-order chi connectivity index (χ0) is 40.9. The average Bonchev–Trinajstić information content (AvgIpc) is 4.06. The van der Waals surface area contributed by atoms with Gasteiger partial charge in [-0.1, -0.05) is 94.4 Å². The fourth-order valence-corrected chi connectivity index (χ4v) is 7.87. The van der Waals surface area contributed by atoms with Gasteiger partial charge in [0.2, 0.25) is 12.3 Å². The fraction of sp³-hybridized carbons (Fsp3) is 0.386. The summed E-state index contributed by atoms with van der Waals surface area (Å²) >= 11 is 0. The van der Waals surface area contributed by atoms with Gasteiger partial charge in [-0.05, 0) is 71.9 Å². The number of imidazole rings is 2. The van der Waals surface area contributed by atoms with Crippen molar-refractivity contribution in [1.29, 1.82) is 0 Å². The number of para-hydroxylation sites is 1. The Bertz CT molecular complexity index is 2180. The Kier molecular flexibility index (Phi) is 12.4. The van der Waals surface area contributed by atoms with Crippen LogP contribution in [0.4, 0.5) is 0 Å². The SMILES string of the molecule is CC(C)[C@H](N=C(N)Oc1ccccc1)C(=O)N1CCC[C@H]1c1ncc(-c2ccc(-c3ccc(-c4cnc([C@@H]5CCCN5C(=O)[C@@H](OC(N)O)C(C)C)[nH]4)cc3)cc2)[nH]1. The van der Waals surface area contributed by atoms with Gasteiger partial charge in [0, 0.05) is 13.1 Å². The van der Waals surface area contributed by atoms with Crippen LogP contribution >= 0.6 is 0 Å². The molecule has 0 radical (unpaired) electrons. The molecule has 2 aliphatic rings. The van der Waals surface area contributed by atoms with E-state index in [0.717, 1.165) is 65.1 Å². The first-order chi connectivity index (χ1) is 28.0. The summed E-state index contributed by atoms with van der Waals surface area (Å²) in [6.45, 7) is 8.85. The van der Waals surface area contributed by atoms with E-state index in [1.165, 1.54) is 0 Å². The number of aromatic amines is 2. The number of rotatable bonds is 13. The van der Waals surface area contributed by atoms with Crippen LogP contribution < -0.4 is 16.2 Å². The third-order valence-corrected chi connectivity index (χ3v) is 10.9. The van der Waals surface area contributed by atoms with Crippen molar-refractivity contribution in [2.24, 2.45) is 28.3 Å². The quantitative estimate of drug-likeness (QED) is 0.0527. The highest BCUT2D eigenvalue weighted by molar-refractivity contribution is 5.86. The number of nitrogens with one attached hydrogen (secondary N) is 2. The molecule has 14 heteroatoms. The molecule has 1 unspecified atom stereocenters. The molecule has 14 nitrogen and oxygen atoms in total. The molecule has 2 saturated heterocycles. The zero-order valence-corrected chi connectivity index (χ0v) is 33.4. The number of carbonyl (C=O) groups is 2. The minimum absolute atomic E-state index is 0.0406. The number of benzene rings is 3. The lowest BCUT2D eigenvalue weighted by molar-refractivity contribution is -0.175. The van der Waals surface area contributed by atoms with Crippen LogP contribution in [0.15, 0.2) is 96.2 Å². The molecule has 0 saturated carbocycles. The number of nitrogens with two attached hydrogens (primary N) is 2. The second-order valence-corrected chi connectivity index (χ2v) is 15.7. The lowest BCUT2D eigenvalue weighted by Crippen LogP contribution is -2.45. The predicted molar refractivity (Wildman–Crippen MR) is 222 cm³/mol. The zero-order valence-electron chi connectivity index (χ0n) is 33.4. The first-order valence-electron chi connectivity index (χ1n) is 20.0. The van der Waals surface area contributed by atoms with Crippen molar-refractivity contribution in [2.75, 3.05) is 13.1 Å². The maximum Gasteiger partial charge on any atom is 0.288 e. The Morgan fingerprint density at radius 2 is 1.22 bits per heavy atom. The molecule has 3 aromatic carbocycles. The first-order valence-corrected chi connectivity index (χ1v) is 20.0. The van der Waals surface area contributed by atoms with E-state index < -0.39 is 18.6 Å². The number of likely N-dealkylation sites (tertiary alicyclic amines) is 2. The van der Waals surface area contributed by atoms with Crippen LogP contribution in [-0.4, -0.2) is 84.3 Å². The summed E-state index contributed by atoms with van der Waals surface area (Å²) in [5, 5.41) is 9.60. The van der Waals surface area contributed by atoms with Crippen LogP contribution in [0, 0.1) is 11.8 Å². The number of H-pyrrole nitrogens is 2. The second kappa shape index (κ2) is 17.8. The number of aliphatic hydroxyl groups excluding tert-OH is 1. The van der Waals surface area contributed by atoms with Gasteiger partial charge in [0.15, 0.2) is 0 Å². The average molecular weight is 788 g/mol. The lowest BCUT2D eigenvalue weighted by atomic mass is 10.0. The van der Waals surface area contributed by atoms with Crippen LogP contribution in [0.25, 0.3) is 33.6 Å². The van der Waals surface area contributed by atoms with Crippen molar-refractivity contribution < 1.29 is 24.2 Å². The van der Waals surface area contributed by atoms with Crippen molar-refractivity contribution >= 4 is 17.8 Å². The van der Waals surface area contributed by atoms with Crippen LogP contribution in [0.1, 0.15) is 77.1 Å². The highest BCUT2D eigenvalue weighted by Crippen LogP contribution is 2.35. The van der Waals surface area contributed by atoms with Gasteiger partial charge in [-0.2, -0.15) is 0 Å². The van der Waals surface area contributed by atoms with Gasteiger partial charge in [0.05, 0.1) is 35.9 Å².